The van der Waals surface area contributed by atoms with E-state index in [1.807, 2.05) is 6.92 Å². The summed E-state index contributed by atoms with van der Waals surface area (Å²) in [4.78, 5) is 17.4. The molecule has 0 atom stereocenters. The Kier molecular flexibility index (Phi) is 3.53. The Balaban J connectivity index is 2.49. The molecule has 0 unspecified atom stereocenters. The van der Waals surface area contributed by atoms with Crippen LogP contribution in [0, 0.1) is 21.7 Å². The number of aromatic amines is 1. The molecule has 0 saturated carbocycles. The number of rotatable bonds is 2. The first-order valence-corrected chi connectivity index (χ1v) is 6.20. The number of nitro benzene ring substituents is 1. The van der Waals surface area contributed by atoms with Crippen LogP contribution in [-0.4, -0.2) is 14.9 Å². The average Bonchev–Trinajstić information content (AvgIpc) is 2.35. The van der Waals surface area contributed by atoms with Crippen molar-refractivity contribution in [3.63, 3.8) is 0 Å². The van der Waals surface area contributed by atoms with Gasteiger partial charge in [0.05, 0.1) is 9.40 Å². The lowest BCUT2D eigenvalue weighted by Gasteiger charge is -2.04. The van der Waals surface area contributed by atoms with E-state index in [1.54, 1.807) is 12.1 Å². The van der Waals surface area contributed by atoms with Crippen molar-refractivity contribution < 1.29 is 4.92 Å². The molecule has 0 aliphatic rings. The highest BCUT2D eigenvalue weighted by Crippen LogP contribution is 2.22. The van der Waals surface area contributed by atoms with Crippen molar-refractivity contribution in [2.75, 3.05) is 0 Å². The third kappa shape index (κ3) is 2.46. The van der Waals surface area contributed by atoms with Gasteiger partial charge in [0.15, 0.2) is 0 Å². The molecular weight excluding hydrogens is 318 g/mol. The second-order valence-electron chi connectivity index (χ2n) is 3.63. The molecule has 2 rings (SSSR count). The summed E-state index contributed by atoms with van der Waals surface area (Å²) in [5.41, 5.74) is 1.66. The van der Waals surface area contributed by atoms with Crippen LogP contribution in [0.2, 0.25) is 0 Å². The van der Waals surface area contributed by atoms with Crippen LogP contribution in [0.5, 0.6) is 0 Å². The summed E-state index contributed by atoms with van der Waals surface area (Å²) in [6.07, 6.45) is 0. The molecule has 1 aromatic heterocycles. The van der Waals surface area contributed by atoms with Gasteiger partial charge in [0, 0.05) is 23.4 Å². The fraction of sp³-hybridized carbons (Fsp3) is 0.0909. The number of non-ortho nitro benzene ring substituents is 1. The van der Waals surface area contributed by atoms with Gasteiger partial charge in [-0.15, -0.1) is 0 Å². The Morgan fingerprint density at radius 3 is 2.50 bits per heavy atom. The summed E-state index contributed by atoms with van der Waals surface area (Å²) in [7, 11) is 0. The van der Waals surface area contributed by atoms with Crippen LogP contribution in [0.25, 0.3) is 11.4 Å². The summed E-state index contributed by atoms with van der Waals surface area (Å²) in [6, 6.07) is 6.15. The molecule has 7 heteroatoms. The molecule has 0 bridgehead atoms. The Bertz CT molecular complexity index is 667. The second kappa shape index (κ2) is 4.95. The summed E-state index contributed by atoms with van der Waals surface area (Å²) in [6.45, 7) is 1.87. The number of hydrogen-bond acceptors (Lipinski definition) is 4. The van der Waals surface area contributed by atoms with E-state index in [4.69, 9.17) is 12.2 Å². The molecule has 5 nitrogen and oxygen atoms in total. The zero-order valence-corrected chi connectivity index (χ0v) is 11.7. The van der Waals surface area contributed by atoms with E-state index in [2.05, 4.69) is 25.9 Å². The quantitative estimate of drug-likeness (QED) is 0.518. The molecule has 0 saturated heterocycles. The van der Waals surface area contributed by atoms with E-state index in [1.165, 1.54) is 12.1 Å². The first-order valence-electron chi connectivity index (χ1n) is 5.00. The number of nitro groups is 1. The number of hydrogen-bond donors (Lipinski definition) is 1. The molecule has 0 spiro atoms. The van der Waals surface area contributed by atoms with Crippen LogP contribution in [0.1, 0.15) is 5.69 Å². The number of nitrogens with zero attached hydrogens (tertiary/aromatic N) is 2. The highest BCUT2D eigenvalue weighted by molar-refractivity contribution is 9.10. The zero-order valence-electron chi connectivity index (χ0n) is 9.31. The highest BCUT2D eigenvalue weighted by Gasteiger charge is 2.08. The van der Waals surface area contributed by atoms with Crippen LogP contribution in [-0.2, 0) is 0 Å². The maximum Gasteiger partial charge on any atom is 0.269 e. The Hall–Kier alpha value is -1.60. The molecule has 18 heavy (non-hydrogen) atoms. The molecule has 1 heterocycles. The van der Waals surface area contributed by atoms with Crippen LogP contribution < -0.4 is 0 Å². The summed E-state index contributed by atoms with van der Waals surface area (Å²) >= 11 is 8.44. The molecule has 0 radical (unpaired) electrons. The maximum absolute atomic E-state index is 10.6. The first-order chi connectivity index (χ1) is 8.49. The monoisotopic (exact) mass is 325 g/mol. The van der Waals surface area contributed by atoms with Gasteiger partial charge in [0.25, 0.3) is 5.69 Å². The van der Waals surface area contributed by atoms with E-state index in [0.29, 0.717) is 10.5 Å². The van der Waals surface area contributed by atoms with Gasteiger partial charge in [-0.05, 0) is 35.0 Å². The van der Waals surface area contributed by atoms with Gasteiger partial charge in [-0.2, -0.15) is 0 Å². The topological polar surface area (TPSA) is 71.8 Å². The largest absolute Gasteiger partial charge is 0.342 e. The number of halogens is 1. The summed E-state index contributed by atoms with van der Waals surface area (Å²) in [5.74, 6) is 0.593. The van der Waals surface area contributed by atoms with Gasteiger partial charge in [-0.25, -0.2) is 4.98 Å². The van der Waals surface area contributed by atoms with Crippen molar-refractivity contribution in [1.82, 2.24) is 9.97 Å². The van der Waals surface area contributed by atoms with Gasteiger partial charge >= 0.3 is 0 Å². The number of benzene rings is 1. The smallest absolute Gasteiger partial charge is 0.269 e. The normalized spacial score (nSPS) is 10.3. The molecule has 0 aliphatic carbocycles. The minimum Gasteiger partial charge on any atom is -0.342 e. The molecule has 0 amide bonds. The predicted octanol–water partition coefficient (Wildman–Crippen LogP) is 3.79. The van der Waals surface area contributed by atoms with Gasteiger partial charge < -0.3 is 4.98 Å². The molecular formula is C11H8BrN3O2S. The lowest BCUT2D eigenvalue weighted by atomic mass is 10.2. The Morgan fingerprint density at radius 2 is 2.00 bits per heavy atom. The fourth-order valence-corrected chi connectivity index (χ4v) is 1.88. The standard InChI is InChI=1S/C11H8BrN3O2S/c1-6-9(12)11(18)14-10(13-6)7-2-4-8(5-3-7)15(16)17/h2-5H,1H3,(H,13,14,18). The van der Waals surface area contributed by atoms with E-state index >= 15 is 0 Å². The predicted molar refractivity (Wildman–Crippen MR) is 73.9 cm³/mol. The molecule has 2 aromatic rings. The maximum atomic E-state index is 10.6. The lowest BCUT2D eigenvalue weighted by Crippen LogP contribution is -1.94. The molecule has 1 N–H and O–H groups in total. The molecule has 1 aromatic carbocycles. The van der Waals surface area contributed by atoms with Crippen LogP contribution in [0.3, 0.4) is 0 Å². The van der Waals surface area contributed by atoms with E-state index in [0.717, 1.165) is 15.7 Å². The van der Waals surface area contributed by atoms with Gasteiger partial charge in [0.2, 0.25) is 0 Å². The molecule has 0 aliphatic heterocycles. The fourth-order valence-electron chi connectivity index (χ4n) is 1.45. The van der Waals surface area contributed by atoms with E-state index in [-0.39, 0.29) is 5.69 Å². The third-order valence-corrected chi connectivity index (χ3v) is 3.92. The van der Waals surface area contributed by atoms with Crippen molar-refractivity contribution >= 4 is 33.8 Å². The van der Waals surface area contributed by atoms with Crippen LogP contribution >= 0.6 is 28.1 Å². The second-order valence-corrected chi connectivity index (χ2v) is 4.81. The van der Waals surface area contributed by atoms with E-state index < -0.39 is 4.92 Å². The van der Waals surface area contributed by atoms with Gasteiger partial charge in [0.1, 0.15) is 10.5 Å². The first kappa shape index (κ1) is 12.8. The van der Waals surface area contributed by atoms with Crippen molar-refractivity contribution in [1.29, 1.82) is 0 Å². The molecule has 92 valence electrons. The number of aryl methyl sites for hydroxylation is 1. The van der Waals surface area contributed by atoms with Gasteiger partial charge in [-0.1, -0.05) is 12.2 Å². The van der Waals surface area contributed by atoms with E-state index in [9.17, 15) is 10.1 Å². The summed E-state index contributed by atoms with van der Waals surface area (Å²) in [5, 5.41) is 10.6. The van der Waals surface area contributed by atoms with Crippen LogP contribution in [0.15, 0.2) is 28.7 Å². The number of aromatic nitrogens is 2. The minimum atomic E-state index is -0.438. The molecule has 0 fully saturated rings. The zero-order chi connectivity index (χ0) is 13.3. The van der Waals surface area contributed by atoms with Gasteiger partial charge in [-0.3, -0.25) is 10.1 Å². The lowest BCUT2D eigenvalue weighted by molar-refractivity contribution is -0.384. The Labute approximate surface area is 116 Å². The Morgan fingerprint density at radius 1 is 1.39 bits per heavy atom. The van der Waals surface area contributed by atoms with Crippen molar-refractivity contribution in [2.45, 2.75) is 6.92 Å². The minimum absolute atomic E-state index is 0.0474. The number of H-pyrrole nitrogens is 1. The van der Waals surface area contributed by atoms with Crippen molar-refractivity contribution in [2.24, 2.45) is 0 Å². The SMILES string of the molecule is Cc1[nH]c(-c2ccc([N+](=O)[O-])cc2)nc(=S)c1Br. The average molecular weight is 326 g/mol. The van der Waals surface area contributed by atoms with Crippen LogP contribution in [0.4, 0.5) is 5.69 Å². The number of nitrogens with one attached hydrogen (secondary N) is 1. The van der Waals surface area contributed by atoms with Crippen molar-refractivity contribution in [3.05, 3.63) is 49.2 Å². The highest BCUT2D eigenvalue weighted by atomic mass is 79.9. The third-order valence-electron chi connectivity index (χ3n) is 2.39. The summed E-state index contributed by atoms with van der Waals surface area (Å²) < 4.78 is 1.21. The van der Waals surface area contributed by atoms with Crippen molar-refractivity contribution in [3.8, 4) is 11.4 Å².